The number of halogens is 2. The van der Waals surface area contributed by atoms with Gasteiger partial charge in [-0.3, -0.25) is 4.68 Å². The average Bonchev–Trinajstić information content (AvgIpc) is 2.64. The van der Waals surface area contributed by atoms with Crippen LogP contribution in [0.25, 0.3) is 0 Å². The van der Waals surface area contributed by atoms with Crippen molar-refractivity contribution in [3.8, 4) is 0 Å². The average molecular weight is 272 g/mol. The summed E-state index contributed by atoms with van der Waals surface area (Å²) in [5, 5.41) is 5.33. The summed E-state index contributed by atoms with van der Waals surface area (Å²) in [5.41, 5.74) is 4.03. The molecule has 7 heteroatoms. The molecule has 90 valence electrons. The number of rotatable bonds is 3. The van der Waals surface area contributed by atoms with E-state index in [0.29, 0.717) is 28.1 Å². The molecule has 0 amide bonds. The van der Waals surface area contributed by atoms with Gasteiger partial charge in [-0.25, -0.2) is 10.8 Å². The second kappa shape index (κ2) is 4.91. The highest BCUT2D eigenvalue weighted by Gasteiger charge is 2.09. The van der Waals surface area contributed by atoms with Crippen molar-refractivity contribution >= 4 is 29.0 Å². The Morgan fingerprint density at radius 3 is 2.71 bits per heavy atom. The van der Waals surface area contributed by atoms with E-state index in [-0.39, 0.29) is 0 Å². The number of nitrogens with two attached hydrogens (primary N) is 1. The van der Waals surface area contributed by atoms with Crippen molar-refractivity contribution in [3.63, 3.8) is 0 Å². The van der Waals surface area contributed by atoms with Crippen LogP contribution in [0.5, 0.6) is 0 Å². The molecule has 0 saturated heterocycles. The van der Waals surface area contributed by atoms with Crippen molar-refractivity contribution in [1.82, 2.24) is 14.8 Å². The van der Waals surface area contributed by atoms with Crippen molar-refractivity contribution in [1.29, 1.82) is 0 Å². The summed E-state index contributed by atoms with van der Waals surface area (Å²) in [6.45, 7) is 2.33. The van der Waals surface area contributed by atoms with Crippen LogP contribution in [0, 0.1) is 6.92 Å². The van der Waals surface area contributed by atoms with Gasteiger partial charge < -0.3 is 5.43 Å². The number of nitrogens with one attached hydrogen (secondary N) is 1. The SMILES string of the molecule is Cc1c(Cl)cnn1Cc1nc(NN)ccc1Cl. The Morgan fingerprint density at radius 1 is 1.35 bits per heavy atom. The number of aromatic nitrogens is 3. The monoisotopic (exact) mass is 271 g/mol. The Balaban J connectivity index is 2.32. The Bertz CT molecular complexity index is 537. The van der Waals surface area contributed by atoms with Gasteiger partial charge in [0.05, 0.1) is 34.2 Å². The number of anilines is 1. The van der Waals surface area contributed by atoms with Crippen LogP contribution in [0.3, 0.4) is 0 Å². The molecule has 2 heterocycles. The maximum Gasteiger partial charge on any atom is 0.140 e. The molecule has 2 aromatic heterocycles. The first kappa shape index (κ1) is 12.2. The Labute approximate surface area is 109 Å². The molecule has 0 atom stereocenters. The van der Waals surface area contributed by atoms with Crippen LogP contribution in [0.2, 0.25) is 10.0 Å². The Kier molecular flexibility index (Phi) is 3.51. The standard InChI is InChI=1S/C10H11Cl2N5/c1-6-8(12)4-14-17(6)5-9-7(11)2-3-10(15-9)16-13/h2-4H,5,13H2,1H3,(H,15,16). The Hall–Kier alpha value is -1.30. The van der Waals surface area contributed by atoms with Gasteiger partial charge in [0.1, 0.15) is 5.82 Å². The molecule has 0 radical (unpaired) electrons. The van der Waals surface area contributed by atoms with E-state index in [0.717, 1.165) is 5.69 Å². The summed E-state index contributed by atoms with van der Waals surface area (Å²) in [6, 6.07) is 3.44. The van der Waals surface area contributed by atoms with E-state index in [1.165, 1.54) is 0 Å². The van der Waals surface area contributed by atoms with Gasteiger partial charge in [0.25, 0.3) is 0 Å². The molecule has 17 heavy (non-hydrogen) atoms. The van der Waals surface area contributed by atoms with Gasteiger partial charge in [0.2, 0.25) is 0 Å². The molecule has 2 aromatic rings. The predicted molar refractivity (Wildman–Crippen MR) is 68.1 cm³/mol. The van der Waals surface area contributed by atoms with Crippen LogP contribution >= 0.6 is 23.2 Å². The lowest BCUT2D eigenvalue weighted by molar-refractivity contribution is 0.653. The summed E-state index contributed by atoms with van der Waals surface area (Å²) in [5.74, 6) is 5.85. The first-order valence-electron chi connectivity index (χ1n) is 4.91. The summed E-state index contributed by atoms with van der Waals surface area (Å²) >= 11 is 12.0. The van der Waals surface area contributed by atoms with Crippen molar-refractivity contribution in [3.05, 3.63) is 39.8 Å². The predicted octanol–water partition coefficient (Wildman–Crippen LogP) is 2.23. The quantitative estimate of drug-likeness (QED) is 0.664. The molecule has 0 aliphatic heterocycles. The minimum atomic E-state index is 0.451. The van der Waals surface area contributed by atoms with E-state index in [4.69, 9.17) is 29.0 Å². The third kappa shape index (κ3) is 2.52. The number of nitrogen functional groups attached to an aromatic ring is 1. The molecule has 0 aromatic carbocycles. The zero-order chi connectivity index (χ0) is 12.4. The topological polar surface area (TPSA) is 68.8 Å². The lowest BCUT2D eigenvalue weighted by Crippen LogP contribution is -2.11. The van der Waals surface area contributed by atoms with Gasteiger partial charge >= 0.3 is 0 Å². The fraction of sp³-hybridized carbons (Fsp3) is 0.200. The number of hydrogen-bond donors (Lipinski definition) is 2. The molecule has 0 spiro atoms. The largest absolute Gasteiger partial charge is 0.308 e. The summed E-state index contributed by atoms with van der Waals surface area (Å²) in [6.07, 6.45) is 1.59. The van der Waals surface area contributed by atoms with E-state index < -0.39 is 0 Å². The minimum absolute atomic E-state index is 0.451. The van der Waals surface area contributed by atoms with Crippen LogP contribution in [0.15, 0.2) is 18.3 Å². The molecule has 0 fully saturated rings. The van der Waals surface area contributed by atoms with Crippen molar-refractivity contribution < 1.29 is 0 Å². The van der Waals surface area contributed by atoms with Gasteiger partial charge in [0.15, 0.2) is 0 Å². The third-order valence-electron chi connectivity index (χ3n) is 2.41. The maximum atomic E-state index is 6.06. The first-order chi connectivity index (χ1) is 8.11. The highest BCUT2D eigenvalue weighted by Crippen LogP contribution is 2.19. The van der Waals surface area contributed by atoms with Crippen molar-refractivity contribution in [2.75, 3.05) is 5.43 Å². The van der Waals surface area contributed by atoms with Gasteiger partial charge in [0, 0.05) is 0 Å². The fourth-order valence-electron chi connectivity index (χ4n) is 1.40. The summed E-state index contributed by atoms with van der Waals surface area (Å²) in [7, 11) is 0. The Morgan fingerprint density at radius 2 is 2.12 bits per heavy atom. The molecule has 0 saturated carbocycles. The van der Waals surface area contributed by atoms with Gasteiger partial charge in [-0.1, -0.05) is 23.2 Å². The second-order valence-corrected chi connectivity index (χ2v) is 4.32. The zero-order valence-corrected chi connectivity index (χ0v) is 10.6. The van der Waals surface area contributed by atoms with E-state index in [9.17, 15) is 0 Å². The molecule has 0 aliphatic rings. The van der Waals surface area contributed by atoms with Crippen LogP contribution in [-0.2, 0) is 6.54 Å². The minimum Gasteiger partial charge on any atom is -0.308 e. The van der Waals surface area contributed by atoms with Gasteiger partial charge in [-0.15, -0.1) is 0 Å². The molecule has 3 N–H and O–H groups in total. The van der Waals surface area contributed by atoms with Crippen LogP contribution in [0.4, 0.5) is 5.82 Å². The number of hydrogen-bond acceptors (Lipinski definition) is 4. The van der Waals surface area contributed by atoms with Gasteiger partial charge in [-0.05, 0) is 19.1 Å². The van der Waals surface area contributed by atoms with Crippen LogP contribution < -0.4 is 11.3 Å². The second-order valence-electron chi connectivity index (χ2n) is 3.50. The molecule has 0 unspecified atom stereocenters. The van der Waals surface area contributed by atoms with Crippen LogP contribution in [0.1, 0.15) is 11.4 Å². The smallest absolute Gasteiger partial charge is 0.140 e. The highest BCUT2D eigenvalue weighted by atomic mass is 35.5. The lowest BCUT2D eigenvalue weighted by Gasteiger charge is -2.08. The highest BCUT2D eigenvalue weighted by molar-refractivity contribution is 6.31. The van der Waals surface area contributed by atoms with E-state index in [1.807, 2.05) is 6.92 Å². The van der Waals surface area contributed by atoms with Gasteiger partial charge in [-0.2, -0.15) is 5.10 Å². The van der Waals surface area contributed by atoms with Crippen molar-refractivity contribution in [2.24, 2.45) is 5.84 Å². The summed E-state index contributed by atoms with van der Waals surface area (Å²) < 4.78 is 1.73. The molecular formula is C10H11Cl2N5. The number of pyridine rings is 1. The van der Waals surface area contributed by atoms with E-state index in [1.54, 1.807) is 23.0 Å². The molecule has 2 rings (SSSR count). The molecule has 0 bridgehead atoms. The summed E-state index contributed by atoms with van der Waals surface area (Å²) in [4.78, 5) is 4.26. The maximum absolute atomic E-state index is 6.06. The van der Waals surface area contributed by atoms with Crippen LogP contribution in [-0.4, -0.2) is 14.8 Å². The van der Waals surface area contributed by atoms with E-state index in [2.05, 4.69) is 15.5 Å². The van der Waals surface area contributed by atoms with E-state index >= 15 is 0 Å². The zero-order valence-electron chi connectivity index (χ0n) is 9.11. The molecule has 5 nitrogen and oxygen atoms in total. The molecule has 0 aliphatic carbocycles. The lowest BCUT2D eigenvalue weighted by atomic mass is 10.3. The molecular weight excluding hydrogens is 261 g/mol. The number of nitrogens with zero attached hydrogens (tertiary/aromatic N) is 3. The normalized spacial score (nSPS) is 10.6. The number of hydrazine groups is 1. The van der Waals surface area contributed by atoms with Crippen molar-refractivity contribution in [2.45, 2.75) is 13.5 Å². The first-order valence-corrected chi connectivity index (χ1v) is 5.67. The fourth-order valence-corrected chi connectivity index (χ4v) is 1.71. The third-order valence-corrected chi connectivity index (χ3v) is 3.12.